The van der Waals surface area contributed by atoms with E-state index >= 15 is 0 Å². The maximum Gasteiger partial charge on any atom is 0.252 e. The number of nitrogens with one attached hydrogen (secondary N) is 1. The van der Waals surface area contributed by atoms with Crippen molar-refractivity contribution in [1.82, 2.24) is 5.32 Å². The summed E-state index contributed by atoms with van der Waals surface area (Å²) in [4.78, 5) is 12.7. The van der Waals surface area contributed by atoms with Crippen LogP contribution in [0.2, 0.25) is 0 Å². The summed E-state index contributed by atoms with van der Waals surface area (Å²) in [6.45, 7) is 1.96. The van der Waals surface area contributed by atoms with Crippen molar-refractivity contribution in [2.45, 2.75) is 38.1 Å². The highest BCUT2D eigenvalue weighted by Crippen LogP contribution is 2.30. The number of carbonyl (C=O) groups is 1. The van der Waals surface area contributed by atoms with Gasteiger partial charge in [0.2, 0.25) is 0 Å². The largest absolute Gasteiger partial charge is 0.391 e. The maximum absolute atomic E-state index is 12.3. The van der Waals surface area contributed by atoms with Gasteiger partial charge in [-0.1, -0.05) is 41.0 Å². The van der Waals surface area contributed by atoms with E-state index in [1.807, 2.05) is 19.1 Å². The van der Waals surface area contributed by atoms with Crippen molar-refractivity contribution in [3.63, 3.8) is 0 Å². The highest BCUT2D eigenvalue weighted by atomic mass is 79.9. The molecular formula is C14H17BrN2OS. The fourth-order valence-corrected chi connectivity index (χ4v) is 2.99. The third-order valence-electron chi connectivity index (χ3n) is 3.70. The molecule has 0 spiro atoms. The fraction of sp³-hybridized carbons (Fsp3) is 0.429. The summed E-state index contributed by atoms with van der Waals surface area (Å²) in [5.41, 5.74) is 7.00. The van der Waals surface area contributed by atoms with E-state index in [1.54, 1.807) is 6.07 Å². The number of benzene rings is 1. The Bertz CT molecular complexity index is 524. The number of hydrogen-bond acceptors (Lipinski definition) is 2. The molecule has 3 nitrogen and oxygen atoms in total. The second-order valence-electron chi connectivity index (χ2n) is 5.07. The minimum Gasteiger partial charge on any atom is -0.391 e. The van der Waals surface area contributed by atoms with Crippen molar-refractivity contribution < 1.29 is 4.79 Å². The highest BCUT2D eigenvalue weighted by molar-refractivity contribution is 9.10. The number of halogens is 1. The number of aryl methyl sites for hydroxylation is 1. The molecule has 2 rings (SSSR count). The number of carbonyl (C=O) groups excluding carboxylic acids is 1. The van der Waals surface area contributed by atoms with Crippen molar-refractivity contribution in [2.75, 3.05) is 0 Å². The van der Waals surface area contributed by atoms with E-state index in [-0.39, 0.29) is 5.91 Å². The summed E-state index contributed by atoms with van der Waals surface area (Å²) in [6, 6.07) is 5.54. The zero-order valence-electron chi connectivity index (χ0n) is 10.8. The molecular weight excluding hydrogens is 324 g/mol. The van der Waals surface area contributed by atoms with Crippen LogP contribution >= 0.6 is 28.1 Å². The van der Waals surface area contributed by atoms with Crippen LogP contribution in [0.1, 0.15) is 41.6 Å². The lowest BCUT2D eigenvalue weighted by atomic mass is 9.96. The van der Waals surface area contributed by atoms with E-state index < -0.39 is 5.54 Å². The third kappa shape index (κ3) is 2.98. The highest BCUT2D eigenvalue weighted by Gasteiger charge is 2.38. The average Bonchev–Trinajstić information content (AvgIpc) is 2.82. The molecule has 0 radical (unpaired) electrons. The molecule has 1 aromatic rings. The SMILES string of the molecule is Cc1cc(C(=O)NC2(C(N)=S)CCCC2)ccc1Br. The van der Waals surface area contributed by atoms with Crippen molar-refractivity contribution in [3.05, 3.63) is 33.8 Å². The first-order chi connectivity index (χ1) is 8.94. The standard InChI is InChI=1S/C14H17BrN2OS/c1-9-8-10(4-5-11(9)15)12(18)17-14(13(16)19)6-2-3-7-14/h4-5,8H,2-3,6-7H2,1H3,(H2,16,19)(H,17,18). The fourth-order valence-electron chi connectivity index (χ4n) is 2.49. The van der Waals surface area contributed by atoms with Gasteiger partial charge >= 0.3 is 0 Å². The molecule has 1 saturated carbocycles. The van der Waals surface area contributed by atoms with Gasteiger partial charge < -0.3 is 11.1 Å². The monoisotopic (exact) mass is 340 g/mol. The van der Waals surface area contributed by atoms with Gasteiger partial charge in [0.25, 0.3) is 5.91 Å². The minimum absolute atomic E-state index is 0.106. The van der Waals surface area contributed by atoms with Crippen LogP contribution in [0.4, 0.5) is 0 Å². The van der Waals surface area contributed by atoms with Crippen LogP contribution < -0.4 is 11.1 Å². The van der Waals surface area contributed by atoms with E-state index in [2.05, 4.69) is 21.2 Å². The van der Waals surface area contributed by atoms with Crippen LogP contribution in [0.25, 0.3) is 0 Å². The van der Waals surface area contributed by atoms with Crippen molar-refractivity contribution in [2.24, 2.45) is 5.73 Å². The Morgan fingerprint density at radius 3 is 2.58 bits per heavy atom. The average molecular weight is 341 g/mol. The Kier molecular flexibility index (Phi) is 4.26. The van der Waals surface area contributed by atoms with Gasteiger partial charge in [-0.25, -0.2) is 0 Å². The zero-order chi connectivity index (χ0) is 14.0. The third-order valence-corrected chi connectivity index (χ3v) is 4.98. The Labute approximate surface area is 127 Å². The summed E-state index contributed by atoms with van der Waals surface area (Å²) in [7, 11) is 0. The van der Waals surface area contributed by atoms with Gasteiger partial charge in [0.1, 0.15) is 0 Å². The number of thiocarbonyl (C=S) groups is 1. The molecule has 1 amide bonds. The van der Waals surface area contributed by atoms with Crippen molar-refractivity contribution in [1.29, 1.82) is 0 Å². The van der Waals surface area contributed by atoms with Crippen LogP contribution in [0.5, 0.6) is 0 Å². The topological polar surface area (TPSA) is 55.1 Å². The summed E-state index contributed by atoms with van der Waals surface area (Å²) in [6.07, 6.45) is 3.78. The normalized spacial score (nSPS) is 17.2. The molecule has 3 N–H and O–H groups in total. The molecule has 0 aromatic heterocycles. The summed E-state index contributed by atoms with van der Waals surface area (Å²) < 4.78 is 0.994. The minimum atomic E-state index is -0.493. The van der Waals surface area contributed by atoms with Crippen molar-refractivity contribution in [3.8, 4) is 0 Å². The van der Waals surface area contributed by atoms with Gasteiger partial charge in [0.05, 0.1) is 10.5 Å². The molecule has 1 aromatic carbocycles. The van der Waals surface area contributed by atoms with Crippen LogP contribution in [0.3, 0.4) is 0 Å². The molecule has 0 unspecified atom stereocenters. The lowest BCUT2D eigenvalue weighted by Gasteiger charge is -2.29. The van der Waals surface area contributed by atoms with E-state index in [4.69, 9.17) is 18.0 Å². The van der Waals surface area contributed by atoms with E-state index in [0.29, 0.717) is 10.6 Å². The Morgan fingerprint density at radius 1 is 1.42 bits per heavy atom. The van der Waals surface area contributed by atoms with Gasteiger partial charge in [-0.3, -0.25) is 4.79 Å². The molecule has 0 heterocycles. The van der Waals surface area contributed by atoms with Crippen LogP contribution in [-0.4, -0.2) is 16.4 Å². The number of amides is 1. The van der Waals surface area contributed by atoms with Gasteiger partial charge in [-0.2, -0.15) is 0 Å². The van der Waals surface area contributed by atoms with E-state index in [0.717, 1.165) is 35.7 Å². The quantitative estimate of drug-likeness (QED) is 0.831. The molecule has 0 saturated heterocycles. The molecule has 102 valence electrons. The molecule has 1 fully saturated rings. The first kappa shape index (κ1) is 14.5. The lowest BCUT2D eigenvalue weighted by Crippen LogP contribution is -2.54. The first-order valence-corrected chi connectivity index (χ1v) is 7.53. The van der Waals surface area contributed by atoms with Gasteiger partial charge in [-0.05, 0) is 43.5 Å². The molecule has 1 aliphatic rings. The molecule has 5 heteroatoms. The van der Waals surface area contributed by atoms with Gasteiger partial charge in [0.15, 0.2) is 0 Å². The van der Waals surface area contributed by atoms with Crippen LogP contribution in [0.15, 0.2) is 22.7 Å². The predicted molar refractivity (Wildman–Crippen MR) is 84.3 cm³/mol. The first-order valence-electron chi connectivity index (χ1n) is 6.33. The second kappa shape index (κ2) is 5.59. The summed E-state index contributed by atoms with van der Waals surface area (Å²) in [5.74, 6) is -0.106. The zero-order valence-corrected chi connectivity index (χ0v) is 13.2. The van der Waals surface area contributed by atoms with Crippen molar-refractivity contribution >= 4 is 39.0 Å². The summed E-state index contributed by atoms with van der Waals surface area (Å²) in [5, 5.41) is 3.03. The van der Waals surface area contributed by atoms with Crippen LogP contribution in [-0.2, 0) is 0 Å². The maximum atomic E-state index is 12.3. The second-order valence-corrected chi connectivity index (χ2v) is 6.37. The summed E-state index contributed by atoms with van der Waals surface area (Å²) >= 11 is 8.57. The Balaban J connectivity index is 2.20. The van der Waals surface area contributed by atoms with Gasteiger partial charge in [-0.15, -0.1) is 0 Å². The molecule has 1 aliphatic carbocycles. The molecule has 19 heavy (non-hydrogen) atoms. The number of rotatable bonds is 3. The van der Waals surface area contributed by atoms with E-state index in [9.17, 15) is 4.79 Å². The molecule has 0 aliphatic heterocycles. The lowest BCUT2D eigenvalue weighted by molar-refractivity contribution is 0.0924. The molecule has 0 atom stereocenters. The Morgan fingerprint density at radius 2 is 2.05 bits per heavy atom. The number of nitrogens with two attached hydrogens (primary N) is 1. The smallest absolute Gasteiger partial charge is 0.252 e. The predicted octanol–water partition coefficient (Wildman–Crippen LogP) is 3.09. The van der Waals surface area contributed by atoms with Gasteiger partial charge in [0, 0.05) is 10.0 Å². The van der Waals surface area contributed by atoms with Crippen LogP contribution in [0, 0.1) is 6.92 Å². The molecule has 0 bridgehead atoms. The van der Waals surface area contributed by atoms with E-state index in [1.165, 1.54) is 0 Å². The number of hydrogen-bond donors (Lipinski definition) is 2. The Hall–Kier alpha value is -0.940.